The number of para-hydroxylation sites is 1. The Morgan fingerprint density at radius 2 is 1.88 bits per heavy atom. The van der Waals surface area contributed by atoms with Crippen LogP contribution in [-0.2, 0) is 4.79 Å². The molecule has 0 heterocycles. The highest BCUT2D eigenvalue weighted by Gasteiger charge is 2.18. The second-order valence-electron chi connectivity index (χ2n) is 5.42. The summed E-state index contributed by atoms with van der Waals surface area (Å²) in [5.74, 6) is -0.227. The summed E-state index contributed by atoms with van der Waals surface area (Å²) in [6.07, 6.45) is 0. The van der Waals surface area contributed by atoms with Crippen molar-refractivity contribution in [3.8, 4) is 6.07 Å². The van der Waals surface area contributed by atoms with E-state index < -0.39 is 6.04 Å². The molecule has 24 heavy (non-hydrogen) atoms. The molecule has 0 saturated heterocycles. The highest BCUT2D eigenvalue weighted by Crippen LogP contribution is 2.26. The molecule has 2 atom stereocenters. The van der Waals surface area contributed by atoms with E-state index in [4.69, 9.17) is 28.5 Å². The van der Waals surface area contributed by atoms with Crippen LogP contribution in [0, 0.1) is 11.3 Å². The fourth-order valence-electron chi connectivity index (χ4n) is 2.32. The molecule has 124 valence electrons. The number of carbonyl (C=O) groups is 1. The van der Waals surface area contributed by atoms with Crippen LogP contribution in [0.1, 0.15) is 31.0 Å². The van der Waals surface area contributed by atoms with Crippen LogP contribution in [0.3, 0.4) is 0 Å². The summed E-state index contributed by atoms with van der Waals surface area (Å²) in [6.45, 7) is 3.67. The number of nitrogens with zero attached hydrogens (tertiary/aromatic N) is 1. The van der Waals surface area contributed by atoms with Crippen LogP contribution in [0.25, 0.3) is 0 Å². The first-order valence-corrected chi connectivity index (χ1v) is 8.19. The third-order valence-electron chi connectivity index (χ3n) is 3.63. The van der Waals surface area contributed by atoms with E-state index in [0.717, 1.165) is 5.56 Å². The van der Waals surface area contributed by atoms with Crippen molar-refractivity contribution >= 4 is 34.8 Å². The largest absolute Gasteiger partial charge is 0.324 e. The van der Waals surface area contributed by atoms with Gasteiger partial charge in [-0.2, -0.15) is 5.26 Å². The summed E-state index contributed by atoms with van der Waals surface area (Å²) < 4.78 is 0. The first-order valence-electron chi connectivity index (χ1n) is 7.43. The summed E-state index contributed by atoms with van der Waals surface area (Å²) in [4.78, 5) is 12.3. The number of hydrogen-bond donors (Lipinski definition) is 2. The molecule has 6 heteroatoms. The number of anilines is 1. The van der Waals surface area contributed by atoms with Gasteiger partial charge in [0.25, 0.3) is 0 Å². The lowest BCUT2D eigenvalue weighted by atomic mass is 10.1. The Morgan fingerprint density at radius 1 is 1.17 bits per heavy atom. The summed E-state index contributed by atoms with van der Waals surface area (Å²) in [7, 11) is 0. The fourth-order valence-corrected chi connectivity index (χ4v) is 2.90. The molecule has 0 aliphatic heterocycles. The van der Waals surface area contributed by atoms with Crippen LogP contribution >= 0.6 is 23.2 Å². The number of rotatable bonds is 5. The van der Waals surface area contributed by atoms with Gasteiger partial charge in [-0.05, 0) is 43.7 Å². The SMILES string of the molecule is C[C@H](N[C@H](C)c1ccc(Cl)cc1Cl)C(=O)Nc1ccccc1C#N. The van der Waals surface area contributed by atoms with Crippen molar-refractivity contribution in [3.05, 3.63) is 63.6 Å². The van der Waals surface area contributed by atoms with Gasteiger partial charge in [0.2, 0.25) is 5.91 Å². The van der Waals surface area contributed by atoms with Crippen molar-refractivity contribution < 1.29 is 4.79 Å². The van der Waals surface area contributed by atoms with Gasteiger partial charge < -0.3 is 5.32 Å². The molecule has 2 aromatic rings. The van der Waals surface area contributed by atoms with Crippen LogP contribution < -0.4 is 10.6 Å². The van der Waals surface area contributed by atoms with Gasteiger partial charge in [0.1, 0.15) is 6.07 Å². The van der Waals surface area contributed by atoms with Crippen molar-refractivity contribution in [1.29, 1.82) is 5.26 Å². The molecule has 2 N–H and O–H groups in total. The highest BCUT2D eigenvalue weighted by molar-refractivity contribution is 6.35. The van der Waals surface area contributed by atoms with Crippen molar-refractivity contribution in [2.45, 2.75) is 25.9 Å². The lowest BCUT2D eigenvalue weighted by molar-refractivity contribution is -0.117. The van der Waals surface area contributed by atoms with E-state index in [2.05, 4.69) is 16.7 Å². The van der Waals surface area contributed by atoms with Crippen LogP contribution in [0.2, 0.25) is 10.0 Å². The molecule has 1 amide bonds. The van der Waals surface area contributed by atoms with Gasteiger partial charge >= 0.3 is 0 Å². The topological polar surface area (TPSA) is 64.9 Å². The van der Waals surface area contributed by atoms with Crippen LogP contribution in [-0.4, -0.2) is 11.9 Å². The van der Waals surface area contributed by atoms with Gasteiger partial charge in [-0.15, -0.1) is 0 Å². The van der Waals surface area contributed by atoms with Crippen molar-refractivity contribution in [2.24, 2.45) is 0 Å². The van der Waals surface area contributed by atoms with Crippen LogP contribution in [0.5, 0.6) is 0 Å². The molecule has 4 nitrogen and oxygen atoms in total. The Labute approximate surface area is 151 Å². The van der Waals surface area contributed by atoms with Crippen LogP contribution in [0.15, 0.2) is 42.5 Å². The quantitative estimate of drug-likeness (QED) is 0.821. The molecule has 2 rings (SSSR count). The van der Waals surface area contributed by atoms with Crippen molar-refractivity contribution in [3.63, 3.8) is 0 Å². The minimum Gasteiger partial charge on any atom is -0.324 e. The normalized spacial score (nSPS) is 13.0. The first-order chi connectivity index (χ1) is 11.4. The Balaban J connectivity index is 2.04. The van der Waals surface area contributed by atoms with Crippen molar-refractivity contribution in [1.82, 2.24) is 5.32 Å². The number of nitriles is 1. The highest BCUT2D eigenvalue weighted by atomic mass is 35.5. The molecular formula is C18H17Cl2N3O. The molecule has 2 aromatic carbocycles. The molecule has 0 saturated carbocycles. The minimum absolute atomic E-state index is 0.137. The number of halogens is 2. The molecule has 0 bridgehead atoms. The molecular weight excluding hydrogens is 345 g/mol. The van der Waals surface area contributed by atoms with E-state index in [9.17, 15) is 4.79 Å². The van der Waals surface area contributed by atoms with E-state index in [1.807, 2.05) is 13.0 Å². The molecule has 0 aromatic heterocycles. The first kappa shape index (κ1) is 18.3. The Bertz CT molecular complexity index is 786. The summed E-state index contributed by atoms with van der Waals surface area (Å²) in [5, 5.41) is 16.1. The zero-order chi connectivity index (χ0) is 17.7. The average Bonchev–Trinajstić information content (AvgIpc) is 2.55. The van der Waals surface area contributed by atoms with E-state index in [0.29, 0.717) is 21.3 Å². The van der Waals surface area contributed by atoms with Gasteiger partial charge in [-0.3, -0.25) is 10.1 Å². The smallest absolute Gasteiger partial charge is 0.241 e. The summed E-state index contributed by atoms with van der Waals surface area (Å²) in [6, 6.07) is 13.6. The van der Waals surface area contributed by atoms with Gasteiger partial charge in [0.05, 0.1) is 17.3 Å². The van der Waals surface area contributed by atoms with E-state index >= 15 is 0 Å². The molecule has 0 aliphatic rings. The number of carbonyl (C=O) groups excluding carboxylic acids is 1. The van der Waals surface area contributed by atoms with E-state index in [1.54, 1.807) is 43.3 Å². The zero-order valence-electron chi connectivity index (χ0n) is 13.3. The fraction of sp³-hybridized carbons (Fsp3) is 0.222. The number of benzene rings is 2. The third-order valence-corrected chi connectivity index (χ3v) is 4.19. The van der Waals surface area contributed by atoms with E-state index in [-0.39, 0.29) is 11.9 Å². The van der Waals surface area contributed by atoms with Gasteiger partial charge in [-0.25, -0.2) is 0 Å². The lowest BCUT2D eigenvalue weighted by Gasteiger charge is -2.21. The lowest BCUT2D eigenvalue weighted by Crippen LogP contribution is -2.39. The number of amides is 1. The van der Waals surface area contributed by atoms with E-state index in [1.165, 1.54) is 0 Å². The Hall–Kier alpha value is -2.06. The predicted molar refractivity (Wildman–Crippen MR) is 97.3 cm³/mol. The molecule has 0 spiro atoms. The van der Waals surface area contributed by atoms with Gasteiger partial charge in [0, 0.05) is 16.1 Å². The maximum Gasteiger partial charge on any atom is 0.241 e. The van der Waals surface area contributed by atoms with Crippen LogP contribution in [0.4, 0.5) is 5.69 Å². The maximum atomic E-state index is 12.3. The molecule has 0 fully saturated rings. The second kappa shape index (κ2) is 8.16. The summed E-state index contributed by atoms with van der Waals surface area (Å²) in [5.41, 5.74) is 1.78. The van der Waals surface area contributed by atoms with Crippen molar-refractivity contribution in [2.75, 3.05) is 5.32 Å². The third kappa shape index (κ3) is 4.48. The predicted octanol–water partition coefficient (Wildman–Crippen LogP) is 4.54. The Kier molecular flexibility index (Phi) is 6.22. The molecule has 0 radical (unpaired) electrons. The minimum atomic E-state index is -0.474. The van der Waals surface area contributed by atoms with Gasteiger partial charge in [0.15, 0.2) is 0 Å². The monoisotopic (exact) mass is 361 g/mol. The van der Waals surface area contributed by atoms with Gasteiger partial charge in [-0.1, -0.05) is 41.4 Å². The Morgan fingerprint density at radius 3 is 2.54 bits per heavy atom. The molecule has 0 aliphatic carbocycles. The second-order valence-corrected chi connectivity index (χ2v) is 6.27. The number of hydrogen-bond acceptors (Lipinski definition) is 3. The summed E-state index contributed by atoms with van der Waals surface area (Å²) >= 11 is 12.1. The average molecular weight is 362 g/mol. The number of nitrogens with one attached hydrogen (secondary N) is 2. The standard InChI is InChI=1S/C18H17Cl2N3O/c1-11(15-8-7-14(19)9-16(15)20)22-12(2)18(24)23-17-6-4-3-5-13(17)10-21/h3-9,11-12,22H,1-2H3,(H,23,24)/t11-,12+/m1/s1. The zero-order valence-corrected chi connectivity index (χ0v) is 14.8. The maximum absolute atomic E-state index is 12.3. The molecule has 0 unspecified atom stereocenters.